The lowest BCUT2D eigenvalue weighted by Gasteiger charge is -2.05. The lowest BCUT2D eigenvalue weighted by Crippen LogP contribution is -2.12. The summed E-state index contributed by atoms with van der Waals surface area (Å²) in [5.74, 6) is 0.603. The monoisotopic (exact) mass is 376 g/mol. The topological polar surface area (TPSA) is 68.3 Å². The largest absolute Gasteiger partial charge is 0.497 e. The second-order valence-corrected chi connectivity index (χ2v) is 5.74. The predicted molar refractivity (Wildman–Crippen MR) is 91.7 cm³/mol. The highest BCUT2D eigenvalue weighted by atomic mass is 79.9. The number of Topliss-reactive ketones (excluding diaryl/α,β-unsaturated/α-hetero) is 1. The van der Waals surface area contributed by atoms with Gasteiger partial charge in [0.05, 0.1) is 19.0 Å². The first-order chi connectivity index (χ1) is 11.1. The molecule has 0 radical (unpaired) electrons. The molecule has 120 valence electrons. The van der Waals surface area contributed by atoms with Crippen LogP contribution in [-0.4, -0.2) is 23.8 Å². The van der Waals surface area contributed by atoms with Crippen LogP contribution in [0.4, 0.5) is 5.69 Å². The number of aromatic nitrogens is 1. The van der Waals surface area contributed by atoms with Crippen molar-refractivity contribution < 1.29 is 14.3 Å². The van der Waals surface area contributed by atoms with Gasteiger partial charge in [-0.25, -0.2) is 4.98 Å². The number of nitrogens with one attached hydrogen (secondary N) is 1. The van der Waals surface area contributed by atoms with Gasteiger partial charge in [-0.05, 0) is 58.7 Å². The number of nitrogens with zero attached hydrogens (tertiary/aromatic N) is 1. The Morgan fingerprint density at radius 3 is 2.48 bits per heavy atom. The fraction of sp³-hybridized carbons (Fsp3) is 0.235. The Morgan fingerprint density at radius 2 is 1.87 bits per heavy atom. The molecular formula is C17H17BrN2O3. The SMILES string of the molecule is COc1ccc(C(=O)CCCC(=O)Nc2ccc(Br)nc2)cc1. The van der Waals surface area contributed by atoms with Crippen molar-refractivity contribution in [2.24, 2.45) is 0 Å². The van der Waals surface area contributed by atoms with Crippen LogP contribution in [0.3, 0.4) is 0 Å². The first kappa shape index (κ1) is 17.1. The third-order valence-corrected chi connectivity index (χ3v) is 3.70. The Hall–Kier alpha value is -2.21. The molecule has 2 aromatic rings. The minimum Gasteiger partial charge on any atom is -0.497 e. The number of rotatable bonds is 7. The maximum atomic E-state index is 12.0. The van der Waals surface area contributed by atoms with Gasteiger partial charge in [-0.3, -0.25) is 9.59 Å². The predicted octanol–water partition coefficient (Wildman–Crippen LogP) is 3.84. The van der Waals surface area contributed by atoms with E-state index in [0.29, 0.717) is 34.4 Å². The van der Waals surface area contributed by atoms with Gasteiger partial charge >= 0.3 is 0 Å². The molecule has 1 aromatic carbocycles. The molecule has 23 heavy (non-hydrogen) atoms. The number of hydrogen-bond donors (Lipinski definition) is 1. The van der Waals surface area contributed by atoms with Gasteiger partial charge in [-0.1, -0.05) is 0 Å². The quantitative estimate of drug-likeness (QED) is 0.588. The van der Waals surface area contributed by atoms with Gasteiger partial charge in [0.1, 0.15) is 10.4 Å². The molecule has 2 rings (SSSR count). The van der Waals surface area contributed by atoms with Crippen molar-refractivity contribution in [3.05, 3.63) is 52.8 Å². The third-order valence-electron chi connectivity index (χ3n) is 3.23. The molecule has 0 spiro atoms. The first-order valence-corrected chi connectivity index (χ1v) is 7.96. The van der Waals surface area contributed by atoms with Crippen molar-refractivity contribution in [3.8, 4) is 5.75 Å². The molecular weight excluding hydrogens is 360 g/mol. The van der Waals surface area contributed by atoms with Gasteiger partial charge in [0, 0.05) is 18.4 Å². The number of ketones is 1. The number of ether oxygens (including phenoxy) is 1. The Balaban J connectivity index is 1.76. The van der Waals surface area contributed by atoms with Gasteiger partial charge in [0.25, 0.3) is 0 Å². The summed E-state index contributed by atoms with van der Waals surface area (Å²) in [6, 6.07) is 10.5. The van der Waals surface area contributed by atoms with Gasteiger partial charge in [-0.2, -0.15) is 0 Å². The van der Waals surface area contributed by atoms with Crippen molar-refractivity contribution >= 4 is 33.3 Å². The number of amides is 1. The van der Waals surface area contributed by atoms with Crippen LogP contribution < -0.4 is 10.1 Å². The minimum absolute atomic E-state index is 0.0192. The number of carbonyl (C=O) groups is 2. The van der Waals surface area contributed by atoms with E-state index >= 15 is 0 Å². The normalized spacial score (nSPS) is 10.2. The van der Waals surface area contributed by atoms with Crippen LogP contribution in [0.5, 0.6) is 5.75 Å². The second-order valence-electron chi connectivity index (χ2n) is 4.92. The van der Waals surface area contributed by atoms with Crippen molar-refractivity contribution in [3.63, 3.8) is 0 Å². The van der Waals surface area contributed by atoms with E-state index in [0.717, 1.165) is 0 Å². The zero-order valence-electron chi connectivity index (χ0n) is 12.7. The summed E-state index contributed by atoms with van der Waals surface area (Å²) < 4.78 is 5.76. The van der Waals surface area contributed by atoms with Crippen LogP contribution in [0.2, 0.25) is 0 Å². The molecule has 0 fully saturated rings. The van der Waals surface area contributed by atoms with Crippen molar-refractivity contribution in [1.29, 1.82) is 0 Å². The highest BCUT2D eigenvalue weighted by Crippen LogP contribution is 2.14. The first-order valence-electron chi connectivity index (χ1n) is 7.17. The van der Waals surface area contributed by atoms with Gasteiger partial charge < -0.3 is 10.1 Å². The molecule has 0 bridgehead atoms. The molecule has 0 unspecified atom stereocenters. The van der Waals surface area contributed by atoms with Crippen LogP contribution in [0.25, 0.3) is 0 Å². The molecule has 0 saturated heterocycles. The summed E-state index contributed by atoms with van der Waals surface area (Å²) in [5, 5.41) is 2.75. The second kappa shape index (κ2) is 8.43. The van der Waals surface area contributed by atoms with E-state index in [9.17, 15) is 9.59 Å². The van der Waals surface area contributed by atoms with E-state index in [2.05, 4.69) is 26.2 Å². The molecule has 1 amide bonds. The average molecular weight is 377 g/mol. The summed E-state index contributed by atoms with van der Waals surface area (Å²) in [7, 11) is 1.58. The van der Waals surface area contributed by atoms with E-state index in [1.165, 1.54) is 0 Å². The number of hydrogen-bond acceptors (Lipinski definition) is 4. The fourth-order valence-electron chi connectivity index (χ4n) is 2.00. The van der Waals surface area contributed by atoms with Gasteiger partial charge in [0.15, 0.2) is 5.78 Å². The van der Waals surface area contributed by atoms with E-state index in [-0.39, 0.29) is 18.1 Å². The third kappa shape index (κ3) is 5.49. The Labute approximate surface area is 143 Å². The lowest BCUT2D eigenvalue weighted by molar-refractivity contribution is -0.116. The summed E-state index contributed by atoms with van der Waals surface area (Å²) in [6.07, 6.45) is 2.70. The van der Waals surface area contributed by atoms with E-state index in [1.54, 1.807) is 49.7 Å². The van der Waals surface area contributed by atoms with Gasteiger partial charge in [-0.15, -0.1) is 0 Å². The molecule has 1 heterocycles. The zero-order valence-corrected chi connectivity index (χ0v) is 14.3. The molecule has 6 heteroatoms. The highest BCUT2D eigenvalue weighted by Gasteiger charge is 2.08. The number of methoxy groups -OCH3 is 1. The molecule has 0 atom stereocenters. The number of carbonyl (C=O) groups excluding carboxylic acids is 2. The number of halogens is 1. The molecule has 5 nitrogen and oxygen atoms in total. The van der Waals surface area contributed by atoms with Crippen LogP contribution in [0.15, 0.2) is 47.2 Å². The van der Waals surface area contributed by atoms with E-state index in [1.807, 2.05) is 0 Å². The molecule has 1 aromatic heterocycles. The van der Waals surface area contributed by atoms with Crippen LogP contribution in [0, 0.1) is 0 Å². The molecule has 0 aliphatic rings. The minimum atomic E-state index is -0.128. The molecule has 0 saturated carbocycles. The van der Waals surface area contributed by atoms with Crippen molar-refractivity contribution in [1.82, 2.24) is 4.98 Å². The standard InChI is InChI=1S/C17H17BrN2O3/c1-23-14-8-5-12(6-9-14)15(21)3-2-4-17(22)20-13-7-10-16(18)19-11-13/h5-11H,2-4H2,1H3,(H,20,22). The molecule has 0 aliphatic carbocycles. The number of pyridine rings is 1. The number of benzene rings is 1. The lowest BCUT2D eigenvalue weighted by atomic mass is 10.1. The van der Waals surface area contributed by atoms with E-state index in [4.69, 9.17) is 4.74 Å². The zero-order chi connectivity index (χ0) is 16.7. The summed E-state index contributed by atoms with van der Waals surface area (Å²) in [6.45, 7) is 0. The fourth-order valence-corrected chi connectivity index (χ4v) is 2.24. The van der Waals surface area contributed by atoms with Crippen LogP contribution in [-0.2, 0) is 4.79 Å². The Bertz CT molecular complexity index is 669. The number of anilines is 1. The Morgan fingerprint density at radius 1 is 1.13 bits per heavy atom. The van der Waals surface area contributed by atoms with Crippen LogP contribution in [0.1, 0.15) is 29.6 Å². The summed E-state index contributed by atoms with van der Waals surface area (Å²) >= 11 is 3.23. The summed E-state index contributed by atoms with van der Waals surface area (Å²) in [4.78, 5) is 27.9. The van der Waals surface area contributed by atoms with Crippen molar-refractivity contribution in [2.45, 2.75) is 19.3 Å². The summed E-state index contributed by atoms with van der Waals surface area (Å²) in [5.41, 5.74) is 1.27. The maximum absolute atomic E-state index is 12.0. The maximum Gasteiger partial charge on any atom is 0.224 e. The highest BCUT2D eigenvalue weighted by molar-refractivity contribution is 9.10. The average Bonchev–Trinajstić information content (AvgIpc) is 2.57. The smallest absolute Gasteiger partial charge is 0.224 e. The Kier molecular flexibility index (Phi) is 6.29. The molecule has 0 aliphatic heterocycles. The van der Waals surface area contributed by atoms with Crippen LogP contribution >= 0.6 is 15.9 Å². The van der Waals surface area contributed by atoms with E-state index < -0.39 is 0 Å². The van der Waals surface area contributed by atoms with Crippen molar-refractivity contribution in [2.75, 3.05) is 12.4 Å². The molecule has 1 N–H and O–H groups in total. The van der Waals surface area contributed by atoms with Gasteiger partial charge in [0.2, 0.25) is 5.91 Å².